The molecule has 0 saturated heterocycles. The van der Waals surface area contributed by atoms with Crippen molar-refractivity contribution in [3.63, 3.8) is 0 Å². The number of rotatable bonds is 6. The van der Waals surface area contributed by atoms with Crippen LogP contribution in [0.3, 0.4) is 0 Å². The molecule has 1 unspecified atom stereocenters. The summed E-state index contributed by atoms with van der Waals surface area (Å²) in [7, 11) is 0. The van der Waals surface area contributed by atoms with Gasteiger partial charge in [-0.25, -0.2) is 4.39 Å². The van der Waals surface area contributed by atoms with Gasteiger partial charge in [0.1, 0.15) is 5.75 Å². The summed E-state index contributed by atoms with van der Waals surface area (Å²) in [6.45, 7) is 1.69. The maximum absolute atomic E-state index is 13.5. The first-order chi connectivity index (χ1) is 10.0. The summed E-state index contributed by atoms with van der Waals surface area (Å²) < 4.78 is 13.5. The average molecular weight is 312 g/mol. The molecule has 0 spiro atoms. The number of nitrogens with two attached hydrogens (primary N) is 1. The molecule has 0 saturated carbocycles. The lowest BCUT2D eigenvalue weighted by Gasteiger charge is -2.16. The average Bonchev–Trinajstić information content (AvgIpc) is 2.46. The Labute approximate surface area is 126 Å². The summed E-state index contributed by atoms with van der Waals surface area (Å²) in [5, 5.41) is 0.618. The minimum absolute atomic E-state index is 0.185. The van der Waals surface area contributed by atoms with Crippen LogP contribution < -0.4 is 21.5 Å². The molecule has 2 aromatic carbocycles. The van der Waals surface area contributed by atoms with Crippen LogP contribution in [0.25, 0.3) is 0 Å². The number of nitrogen functional groups attached to an aromatic ring is 1. The molecule has 0 aliphatic rings. The second-order valence-electron chi connectivity index (χ2n) is 4.28. The molecule has 2 aromatic rings. The lowest BCUT2D eigenvalue weighted by molar-refractivity contribution is -0.00205. The summed E-state index contributed by atoms with van der Waals surface area (Å²) in [6, 6.07) is 11.1. The standard InChI is InChI=1S/C14H15ClFN3O2/c1-9(18-21-12-5-2-10(15)3-6-12)20-19-14-7-4-11(17)8-13(14)16/h2-9,18-19H,17H2,1H3. The Hall–Kier alpha value is -2.02. The van der Waals surface area contributed by atoms with Crippen molar-refractivity contribution in [2.45, 2.75) is 13.2 Å². The third kappa shape index (κ3) is 4.78. The van der Waals surface area contributed by atoms with Crippen molar-refractivity contribution in [2.75, 3.05) is 11.2 Å². The van der Waals surface area contributed by atoms with Crippen LogP contribution >= 0.6 is 11.6 Å². The molecule has 4 N–H and O–H groups in total. The predicted molar refractivity (Wildman–Crippen MR) is 80.2 cm³/mol. The minimum Gasteiger partial charge on any atom is -0.406 e. The van der Waals surface area contributed by atoms with Crippen LogP contribution in [0.4, 0.5) is 15.8 Å². The number of nitrogens with one attached hydrogen (secondary N) is 2. The highest BCUT2D eigenvalue weighted by atomic mass is 35.5. The topological polar surface area (TPSA) is 68.5 Å². The molecule has 21 heavy (non-hydrogen) atoms. The highest BCUT2D eigenvalue weighted by molar-refractivity contribution is 6.30. The van der Waals surface area contributed by atoms with Crippen LogP contribution in [0.15, 0.2) is 42.5 Å². The molecule has 0 fully saturated rings. The molecule has 1 atom stereocenters. The van der Waals surface area contributed by atoms with Crippen LogP contribution in [-0.4, -0.2) is 6.23 Å². The highest BCUT2D eigenvalue weighted by Gasteiger charge is 2.06. The number of hydroxylamine groups is 1. The Kier molecular flexibility index (Phi) is 5.21. The van der Waals surface area contributed by atoms with E-state index < -0.39 is 12.0 Å². The van der Waals surface area contributed by atoms with E-state index in [4.69, 9.17) is 27.0 Å². The SMILES string of the molecule is CC(NOc1ccc(Cl)cc1)ONc1ccc(N)cc1F. The van der Waals surface area contributed by atoms with Crippen LogP contribution in [0.5, 0.6) is 5.75 Å². The van der Waals surface area contributed by atoms with Gasteiger partial charge in [-0.05, 0) is 49.4 Å². The first kappa shape index (κ1) is 15.4. The van der Waals surface area contributed by atoms with Gasteiger partial charge in [0.05, 0.1) is 5.69 Å². The fraction of sp³-hybridized carbons (Fsp3) is 0.143. The van der Waals surface area contributed by atoms with E-state index in [2.05, 4.69) is 11.0 Å². The molecule has 0 radical (unpaired) electrons. The second kappa shape index (κ2) is 7.12. The first-order valence-electron chi connectivity index (χ1n) is 6.19. The van der Waals surface area contributed by atoms with E-state index in [1.165, 1.54) is 12.1 Å². The Morgan fingerprint density at radius 3 is 2.57 bits per heavy atom. The molecule has 0 amide bonds. The van der Waals surface area contributed by atoms with Crippen LogP contribution in [-0.2, 0) is 4.84 Å². The van der Waals surface area contributed by atoms with Crippen molar-refractivity contribution in [3.8, 4) is 5.75 Å². The summed E-state index contributed by atoms with van der Waals surface area (Å²) in [6.07, 6.45) is -0.530. The Morgan fingerprint density at radius 2 is 1.90 bits per heavy atom. The van der Waals surface area contributed by atoms with Gasteiger partial charge in [-0.1, -0.05) is 11.6 Å². The van der Waals surface area contributed by atoms with Crippen LogP contribution in [0.1, 0.15) is 6.92 Å². The number of hydrogen-bond donors (Lipinski definition) is 3. The molecule has 0 aliphatic heterocycles. The van der Waals surface area contributed by atoms with E-state index in [0.29, 0.717) is 16.5 Å². The number of halogens is 2. The van der Waals surface area contributed by atoms with Gasteiger partial charge in [0.15, 0.2) is 12.0 Å². The smallest absolute Gasteiger partial charge is 0.165 e. The quantitative estimate of drug-likeness (QED) is 0.434. The van der Waals surface area contributed by atoms with Gasteiger partial charge in [0.2, 0.25) is 0 Å². The summed E-state index contributed by atoms with van der Waals surface area (Å²) >= 11 is 5.76. The Bertz CT molecular complexity index is 595. The zero-order valence-corrected chi connectivity index (χ0v) is 12.0. The normalized spacial score (nSPS) is 12.0. The fourth-order valence-electron chi connectivity index (χ4n) is 1.44. The van der Waals surface area contributed by atoms with E-state index >= 15 is 0 Å². The number of anilines is 2. The van der Waals surface area contributed by atoms with Gasteiger partial charge < -0.3 is 10.6 Å². The van der Waals surface area contributed by atoms with E-state index in [1.54, 1.807) is 37.3 Å². The fourth-order valence-corrected chi connectivity index (χ4v) is 1.57. The molecular weight excluding hydrogens is 297 g/mol. The molecule has 5 nitrogen and oxygen atoms in total. The van der Waals surface area contributed by atoms with Crippen molar-refractivity contribution in [1.29, 1.82) is 0 Å². The maximum atomic E-state index is 13.5. The third-order valence-electron chi connectivity index (χ3n) is 2.50. The molecule has 2 rings (SSSR count). The van der Waals surface area contributed by atoms with E-state index in [9.17, 15) is 4.39 Å². The molecule has 0 aromatic heterocycles. The van der Waals surface area contributed by atoms with Crippen molar-refractivity contribution in [3.05, 3.63) is 53.3 Å². The molecule has 0 bridgehead atoms. The summed E-state index contributed by atoms with van der Waals surface area (Å²) in [5.41, 5.74) is 11.1. The molecule has 0 aliphatic carbocycles. The van der Waals surface area contributed by atoms with Gasteiger partial charge in [-0.15, -0.1) is 5.48 Å². The maximum Gasteiger partial charge on any atom is 0.165 e. The molecule has 112 valence electrons. The van der Waals surface area contributed by atoms with Gasteiger partial charge in [0.25, 0.3) is 0 Å². The van der Waals surface area contributed by atoms with Gasteiger partial charge >= 0.3 is 0 Å². The van der Waals surface area contributed by atoms with E-state index in [0.717, 1.165) is 0 Å². The summed E-state index contributed by atoms with van der Waals surface area (Å²) in [4.78, 5) is 10.5. The summed E-state index contributed by atoms with van der Waals surface area (Å²) in [5.74, 6) is 0.0781. The van der Waals surface area contributed by atoms with Crippen LogP contribution in [0.2, 0.25) is 5.02 Å². The Balaban J connectivity index is 1.79. The monoisotopic (exact) mass is 311 g/mol. The lowest BCUT2D eigenvalue weighted by Crippen LogP contribution is -2.33. The van der Waals surface area contributed by atoms with E-state index in [1.807, 2.05) is 0 Å². The van der Waals surface area contributed by atoms with E-state index in [-0.39, 0.29) is 5.69 Å². The molecule has 0 heterocycles. The van der Waals surface area contributed by atoms with Crippen LogP contribution in [0, 0.1) is 5.82 Å². The largest absolute Gasteiger partial charge is 0.406 e. The lowest BCUT2D eigenvalue weighted by atomic mass is 10.3. The Morgan fingerprint density at radius 1 is 1.19 bits per heavy atom. The first-order valence-corrected chi connectivity index (χ1v) is 6.57. The van der Waals surface area contributed by atoms with Gasteiger partial charge in [-0.3, -0.25) is 10.3 Å². The highest BCUT2D eigenvalue weighted by Crippen LogP contribution is 2.17. The predicted octanol–water partition coefficient (Wildman–Crippen LogP) is 3.33. The second-order valence-corrected chi connectivity index (χ2v) is 4.71. The third-order valence-corrected chi connectivity index (χ3v) is 2.75. The number of hydrogen-bond acceptors (Lipinski definition) is 5. The molecular formula is C14H15ClFN3O2. The molecule has 7 heteroatoms. The van der Waals surface area contributed by atoms with Crippen molar-refractivity contribution in [2.24, 2.45) is 0 Å². The number of benzene rings is 2. The van der Waals surface area contributed by atoms with Crippen molar-refractivity contribution >= 4 is 23.0 Å². The zero-order valence-electron chi connectivity index (χ0n) is 11.3. The van der Waals surface area contributed by atoms with Gasteiger partial charge in [-0.2, -0.15) is 0 Å². The zero-order chi connectivity index (χ0) is 15.2. The van der Waals surface area contributed by atoms with Crippen molar-refractivity contribution < 1.29 is 14.1 Å². The van der Waals surface area contributed by atoms with Crippen molar-refractivity contribution in [1.82, 2.24) is 5.48 Å². The van der Waals surface area contributed by atoms with Gasteiger partial charge in [0, 0.05) is 10.7 Å². The minimum atomic E-state index is -0.530.